The van der Waals surface area contributed by atoms with E-state index in [1.165, 1.54) is 32.7 Å². The highest BCUT2D eigenvalue weighted by atomic mass is 16.5. The van der Waals surface area contributed by atoms with Crippen molar-refractivity contribution in [2.24, 2.45) is 0 Å². The summed E-state index contributed by atoms with van der Waals surface area (Å²) in [6.45, 7) is 2.08. The lowest BCUT2D eigenvalue weighted by Crippen LogP contribution is -2.06. The van der Waals surface area contributed by atoms with Crippen LogP contribution in [0.25, 0.3) is 21.5 Å². The van der Waals surface area contributed by atoms with Gasteiger partial charge in [0.15, 0.2) is 6.29 Å². The van der Waals surface area contributed by atoms with Crippen molar-refractivity contribution < 1.29 is 10.2 Å². The van der Waals surface area contributed by atoms with Crippen LogP contribution in [0.3, 0.4) is 0 Å². The van der Waals surface area contributed by atoms with Crippen molar-refractivity contribution in [1.29, 1.82) is 0 Å². The van der Waals surface area contributed by atoms with E-state index >= 15 is 0 Å². The van der Waals surface area contributed by atoms with E-state index in [0.717, 1.165) is 0 Å². The van der Waals surface area contributed by atoms with E-state index in [-0.39, 0.29) is 0 Å². The summed E-state index contributed by atoms with van der Waals surface area (Å²) in [5.74, 6) is 0. The predicted molar refractivity (Wildman–Crippen MR) is 82.7 cm³/mol. The molecule has 0 heterocycles. The minimum Gasteiger partial charge on any atom is -0.368 e. The van der Waals surface area contributed by atoms with E-state index < -0.39 is 6.29 Å². The highest BCUT2D eigenvalue weighted by Crippen LogP contribution is 2.28. The molecule has 2 heteroatoms. The fourth-order valence-electron chi connectivity index (χ4n) is 2.79. The third-order valence-electron chi connectivity index (χ3n) is 3.88. The Morgan fingerprint density at radius 1 is 0.900 bits per heavy atom. The largest absolute Gasteiger partial charge is 0.368 e. The summed E-state index contributed by atoms with van der Waals surface area (Å²) in [6, 6.07) is 17.0. The first-order valence-corrected chi connectivity index (χ1v) is 6.92. The number of aliphatic hydroxyl groups is 2. The van der Waals surface area contributed by atoms with Crippen molar-refractivity contribution in [1.82, 2.24) is 0 Å². The molecule has 0 saturated carbocycles. The molecule has 20 heavy (non-hydrogen) atoms. The van der Waals surface area contributed by atoms with Gasteiger partial charge in [-0.2, -0.15) is 0 Å². The number of hydrogen-bond donors (Lipinski definition) is 2. The lowest BCUT2D eigenvalue weighted by molar-refractivity contribution is -0.0446. The zero-order valence-corrected chi connectivity index (χ0v) is 11.5. The molecule has 0 unspecified atom stereocenters. The van der Waals surface area contributed by atoms with Gasteiger partial charge >= 0.3 is 0 Å². The van der Waals surface area contributed by atoms with E-state index in [4.69, 9.17) is 10.2 Å². The Balaban J connectivity index is 2.21. The maximum absolute atomic E-state index is 9.10. The Hall–Kier alpha value is -1.90. The van der Waals surface area contributed by atoms with E-state index in [2.05, 4.69) is 43.3 Å². The maximum Gasteiger partial charge on any atom is 0.151 e. The summed E-state index contributed by atoms with van der Waals surface area (Å²) in [5.41, 5.74) is 2.41. The van der Waals surface area contributed by atoms with Gasteiger partial charge < -0.3 is 10.2 Å². The second-order valence-corrected chi connectivity index (χ2v) is 5.30. The molecular formula is C18H18O2. The molecule has 0 spiro atoms. The Morgan fingerprint density at radius 2 is 1.60 bits per heavy atom. The first-order chi connectivity index (χ1) is 9.65. The first-order valence-electron chi connectivity index (χ1n) is 6.92. The van der Waals surface area contributed by atoms with Crippen LogP contribution >= 0.6 is 0 Å². The molecule has 2 N–H and O–H groups in total. The second-order valence-electron chi connectivity index (χ2n) is 5.30. The Kier molecular flexibility index (Phi) is 3.43. The highest BCUT2D eigenvalue weighted by Gasteiger charge is 2.08. The van der Waals surface area contributed by atoms with E-state index in [0.29, 0.717) is 12.8 Å². The van der Waals surface area contributed by atoms with E-state index in [1.807, 2.05) is 12.1 Å². The third kappa shape index (κ3) is 2.40. The van der Waals surface area contributed by atoms with E-state index in [1.54, 1.807) is 0 Å². The number of benzene rings is 3. The van der Waals surface area contributed by atoms with Crippen LogP contribution in [0.4, 0.5) is 0 Å². The van der Waals surface area contributed by atoms with Crippen LogP contribution in [-0.2, 0) is 6.42 Å². The average Bonchev–Trinajstić information content (AvgIpc) is 2.44. The van der Waals surface area contributed by atoms with Crippen molar-refractivity contribution in [3.05, 3.63) is 59.7 Å². The van der Waals surface area contributed by atoms with Gasteiger partial charge in [0.25, 0.3) is 0 Å². The molecule has 102 valence electrons. The summed E-state index contributed by atoms with van der Waals surface area (Å²) in [6.07, 6.45) is -0.198. The topological polar surface area (TPSA) is 40.5 Å². The fraction of sp³-hybridized carbons (Fsp3) is 0.222. The molecule has 0 aliphatic rings. The smallest absolute Gasteiger partial charge is 0.151 e. The molecular weight excluding hydrogens is 248 g/mol. The van der Waals surface area contributed by atoms with E-state index in [9.17, 15) is 0 Å². The molecule has 0 aliphatic heterocycles. The molecule has 0 saturated heterocycles. The number of rotatable bonds is 3. The summed E-state index contributed by atoms with van der Waals surface area (Å²) in [7, 11) is 0. The van der Waals surface area contributed by atoms with Crippen LogP contribution in [0, 0.1) is 6.92 Å². The van der Waals surface area contributed by atoms with Crippen molar-refractivity contribution in [3.63, 3.8) is 0 Å². The number of aryl methyl sites for hydroxylation is 2. The molecule has 0 amide bonds. The average molecular weight is 266 g/mol. The minimum atomic E-state index is -1.25. The third-order valence-corrected chi connectivity index (χ3v) is 3.88. The Labute approximate surface area is 118 Å². The number of fused-ring (bicyclic) bond motifs is 2. The SMILES string of the molecule is Cc1ccc2cc3ccccc3cc2c1CCC(O)O. The number of hydrogen-bond acceptors (Lipinski definition) is 2. The lowest BCUT2D eigenvalue weighted by atomic mass is 9.94. The lowest BCUT2D eigenvalue weighted by Gasteiger charge is -2.12. The first kappa shape index (κ1) is 13.1. The molecule has 0 bridgehead atoms. The molecule has 2 nitrogen and oxygen atoms in total. The van der Waals surface area contributed by atoms with Crippen LogP contribution in [0.15, 0.2) is 48.5 Å². The molecule has 3 rings (SSSR count). The van der Waals surface area contributed by atoms with Crippen molar-refractivity contribution in [3.8, 4) is 0 Å². The normalized spacial score (nSPS) is 11.6. The van der Waals surface area contributed by atoms with Crippen LogP contribution in [0.2, 0.25) is 0 Å². The van der Waals surface area contributed by atoms with Gasteiger partial charge in [-0.05, 0) is 58.1 Å². The predicted octanol–water partition coefficient (Wildman–Crippen LogP) is 3.54. The summed E-state index contributed by atoms with van der Waals surface area (Å²) < 4.78 is 0. The Bertz CT molecular complexity index is 760. The second kappa shape index (κ2) is 5.23. The van der Waals surface area contributed by atoms with Gasteiger partial charge in [0, 0.05) is 6.42 Å². The molecule has 0 aromatic heterocycles. The van der Waals surface area contributed by atoms with Crippen molar-refractivity contribution in [2.45, 2.75) is 26.1 Å². The summed E-state index contributed by atoms with van der Waals surface area (Å²) in [4.78, 5) is 0. The summed E-state index contributed by atoms with van der Waals surface area (Å²) in [5, 5.41) is 23.1. The van der Waals surface area contributed by atoms with Gasteiger partial charge in [0.1, 0.15) is 0 Å². The van der Waals surface area contributed by atoms with Crippen LogP contribution in [-0.4, -0.2) is 16.5 Å². The minimum absolute atomic E-state index is 0.368. The quantitative estimate of drug-likeness (QED) is 0.562. The van der Waals surface area contributed by atoms with Gasteiger partial charge in [-0.25, -0.2) is 0 Å². The molecule has 3 aromatic carbocycles. The van der Waals surface area contributed by atoms with Crippen LogP contribution < -0.4 is 0 Å². The fourth-order valence-corrected chi connectivity index (χ4v) is 2.79. The zero-order chi connectivity index (χ0) is 14.1. The monoisotopic (exact) mass is 266 g/mol. The number of aliphatic hydroxyl groups excluding tert-OH is 1. The van der Waals surface area contributed by atoms with Gasteiger partial charge in [-0.1, -0.05) is 36.4 Å². The van der Waals surface area contributed by atoms with Gasteiger partial charge in [-0.15, -0.1) is 0 Å². The molecule has 0 aliphatic carbocycles. The zero-order valence-electron chi connectivity index (χ0n) is 11.5. The van der Waals surface area contributed by atoms with Crippen molar-refractivity contribution in [2.75, 3.05) is 0 Å². The van der Waals surface area contributed by atoms with Gasteiger partial charge in [-0.3, -0.25) is 0 Å². The van der Waals surface area contributed by atoms with Gasteiger partial charge in [0.2, 0.25) is 0 Å². The molecule has 3 aromatic rings. The molecule has 0 radical (unpaired) electrons. The van der Waals surface area contributed by atoms with Gasteiger partial charge in [0.05, 0.1) is 0 Å². The molecule has 0 fully saturated rings. The summed E-state index contributed by atoms with van der Waals surface area (Å²) >= 11 is 0. The van der Waals surface area contributed by atoms with Crippen molar-refractivity contribution >= 4 is 21.5 Å². The highest BCUT2D eigenvalue weighted by molar-refractivity contribution is 6.00. The molecule has 0 atom stereocenters. The van der Waals surface area contributed by atoms with Crippen LogP contribution in [0.5, 0.6) is 0 Å². The van der Waals surface area contributed by atoms with Crippen LogP contribution in [0.1, 0.15) is 17.5 Å². The maximum atomic E-state index is 9.10. The Morgan fingerprint density at radius 3 is 2.30 bits per heavy atom. The standard InChI is InChI=1S/C18H18O2/c1-12-6-7-15-10-13-4-2-3-5-14(13)11-17(15)16(12)8-9-18(19)20/h2-7,10-11,18-20H,8-9H2,1H3.